The van der Waals surface area contributed by atoms with Gasteiger partial charge in [-0.1, -0.05) is 60.2 Å². The molecule has 0 saturated carbocycles. The summed E-state index contributed by atoms with van der Waals surface area (Å²) in [4.78, 5) is 0.363. The number of allylic oxidation sites excluding steroid dienone is 1. The van der Waals surface area contributed by atoms with Crippen molar-refractivity contribution in [3.05, 3.63) is 77.9 Å². The van der Waals surface area contributed by atoms with Gasteiger partial charge in [0.2, 0.25) is 10.0 Å². The van der Waals surface area contributed by atoms with Gasteiger partial charge in [0.05, 0.1) is 4.90 Å². The van der Waals surface area contributed by atoms with Gasteiger partial charge in [-0.25, -0.2) is 8.42 Å². The monoisotopic (exact) mass is 343 g/mol. The highest BCUT2D eigenvalue weighted by Crippen LogP contribution is 2.17. The molecule has 0 fully saturated rings. The Morgan fingerprint density at radius 2 is 1.62 bits per heavy atom. The van der Waals surface area contributed by atoms with E-state index < -0.39 is 10.0 Å². The van der Waals surface area contributed by atoms with Crippen molar-refractivity contribution >= 4 is 10.0 Å². The molecule has 0 bridgehead atoms. The number of nitrogens with zero attached hydrogens (tertiary/aromatic N) is 1. The lowest BCUT2D eigenvalue weighted by atomic mass is 10.1. The molecule has 3 nitrogen and oxygen atoms in total. The predicted molar refractivity (Wildman–Crippen MR) is 99.5 cm³/mol. The van der Waals surface area contributed by atoms with E-state index in [-0.39, 0.29) is 0 Å². The fourth-order valence-corrected chi connectivity index (χ4v) is 3.95. The highest BCUT2D eigenvalue weighted by molar-refractivity contribution is 7.89. The van der Waals surface area contributed by atoms with E-state index >= 15 is 0 Å². The normalized spacial score (nSPS) is 12.1. The summed E-state index contributed by atoms with van der Waals surface area (Å²) in [6, 6.07) is 17.1. The van der Waals surface area contributed by atoms with E-state index in [1.54, 1.807) is 16.4 Å². The molecule has 0 aromatic heterocycles. The van der Waals surface area contributed by atoms with E-state index in [0.717, 1.165) is 17.5 Å². The van der Waals surface area contributed by atoms with E-state index in [2.05, 4.69) is 0 Å². The van der Waals surface area contributed by atoms with Crippen molar-refractivity contribution in [3.63, 3.8) is 0 Å². The maximum Gasteiger partial charge on any atom is 0.243 e. The van der Waals surface area contributed by atoms with Gasteiger partial charge in [0.15, 0.2) is 0 Å². The van der Waals surface area contributed by atoms with Crippen molar-refractivity contribution in [2.24, 2.45) is 0 Å². The first kappa shape index (κ1) is 18.4. The van der Waals surface area contributed by atoms with Crippen LogP contribution in [0.25, 0.3) is 0 Å². The summed E-state index contributed by atoms with van der Waals surface area (Å²) in [5.74, 6) is 0. The quantitative estimate of drug-likeness (QED) is 0.674. The third-order valence-corrected chi connectivity index (χ3v) is 5.85. The molecule has 0 heterocycles. The lowest BCUT2D eigenvalue weighted by Crippen LogP contribution is -2.33. The van der Waals surface area contributed by atoms with Gasteiger partial charge < -0.3 is 0 Å². The third-order valence-electron chi connectivity index (χ3n) is 3.93. The minimum atomic E-state index is -3.47. The van der Waals surface area contributed by atoms with E-state index in [1.165, 1.54) is 0 Å². The zero-order valence-corrected chi connectivity index (χ0v) is 15.2. The molecule has 2 rings (SSSR count). The average Bonchev–Trinajstić information content (AvgIpc) is 2.59. The molecule has 0 atom stereocenters. The van der Waals surface area contributed by atoms with Crippen molar-refractivity contribution in [1.29, 1.82) is 0 Å². The second-order valence-corrected chi connectivity index (χ2v) is 7.75. The molecule has 2 aromatic rings. The van der Waals surface area contributed by atoms with Gasteiger partial charge in [-0.2, -0.15) is 4.31 Å². The van der Waals surface area contributed by atoms with Crippen LogP contribution in [0.5, 0.6) is 0 Å². The van der Waals surface area contributed by atoms with Crippen molar-refractivity contribution in [3.8, 4) is 0 Å². The molecular formula is C20H25NO2S. The summed E-state index contributed by atoms with van der Waals surface area (Å²) in [6.07, 6.45) is 5.38. The molecule has 0 aliphatic rings. The second-order valence-electron chi connectivity index (χ2n) is 5.81. The standard InChI is InChI=1S/C20H25NO2S/c1-3-4-8-16-21(17-15-19-9-6-5-7-10-19)24(22,23)20-13-11-18(2)12-14-20/h3-7,9-14H,8,15-17H2,1-2H3. The lowest BCUT2D eigenvalue weighted by Gasteiger charge is -2.22. The zero-order chi connectivity index (χ0) is 17.4. The molecule has 24 heavy (non-hydrogen) atoms. The Morgan fingerprint density at radius 3 is 2.25 bits per heavy atom. The van der Waals surface area contributed by atoms with Crippen LogP contribution in [0.4, 0.5) is 0 Å². The molecule has 0 saturated heterocycles. The Labute approximate surface area is 145 Å². The van der Waals surface area contributed by atoms with E-state index in [0.29, 0.717) is 24.4 Å². The summed E-state index contributed by atoms with van der Waals surface area (Å²) in [6.45, 7) is 4.88. The maximum absolute atomic E-state index is 13.0. The number of rotatable bonds is 8. The Balaban J connectivity index is 2.18. The van der Waals surface area contributed by atoms with Crippen LogP contribution < -0.4 is 0 Å². The van der Waals surface area contributed by atoms with Crippen LogP contribution >= 0.6 is 0 Å². The smallest absolute Gasteiger partial charge is 0.207 e. The van der Waals surface area contributed by atoms with Crippen molar-refractivity contribution in [1.82, 2.24) is 4.31 Å². The van der Waals surface area contributed by atoms with Crippen molar-refractivity contribution < 1.29 is 8.42 Å². The first-order valence-electron chi connectivity index (χ1n) is 8.26. The van der Waals surface area contributed by atoms with Crippen LogP contribution in [0.2, 0.25) is 0 Å². The average molecular weight is 343 g/mol. The Morgan fingerprint density at radius 1 is 0.958 bits per heavy atom. The Hall–Kier alpha value is -1.91. The summed E-state index contributed by atoms with van der Waals surface area (Å²) in [5, 5.41) is 0. The Kier molecular flexibility index (Phi) is 6.76. The van der Waals surface area contributed by atoms with Gasteiger partial charge in [-0.3, -0.25) is 0 Å². The van der Waals surface area contributed by atoms with Crippen molar-refractivity contribution in [2.75, 3.05) is 13.1 Å². The third kappa shape index (κ3) is 5.05. The van der Waals surface area contributed by atoms with E-state index in [4.69, 9.17) is 0 Å². The van der Waals surface area contributed by atoms with Crippen LogP contribution in [0.1, 0.15) is 24.5 Å². The van der Waals surface area contributed by atoms with Gasteiger partial charge >= 0.3 is 0 Å². The maximum atomic E-state index is 13.0. The topological polar surface area (TPSA) is 37.4 Å². The van der Waals surface area contributed by atoms with Gasteiger partial charge in [-0.05, 0) is 44.4 Å². The van der Waals surface area contributed by atoms with Crippen LogP contribution in [0.15, 0.2) is 71.6 Å². The van der Waals surface area contributed by atoms with Gasteiger partial charge in [0.1, 0.15) is 0 Å². The zero-order valence-electron chi connectivity index (χ0n) is 14.4. The summed E-state index contributed by atoms with van der Waals surface area (Å²) < 4.78 is 27.5. The first-order valence-corrected chi connectivity index (χ1v) is 9.70. The van der Waals surface area contributed by atoms with Crippen LogP contribution in [0.3, 0.4) is 0 Å². The molecule has 0 aliphatic carbocycles. The number of hydrogen-bond donors (Lipinski definition) is 0. The summed E-state index contributed by atoms with van der Waals surface area (Å²) in [7, 11) is -3.47. The number of hydrogen-bond acceptors (Lipinski definition) is 2. The van der Waals surface area contributed by atoms with Crippen LogP contribution in [-0.2, 0) is 16.4 Å². The van der Waals surface area contributed by atoms with Gasteiger partial charge in [-0.15, -0.1) is 0 Å². The molecule has 128 valence electrons. The number of benzene rings is 2. The minimum absolute atomic E-state index is 0.363. The van der Waals surface area contributed by atoms with E-state index in [1.807, 2.05) is 68.5 Å². The fourth-order valence-electron chi connectivity index (χ4n) is 2.50. The SMILES string of the molecule is CC=CCCN(CCc1ccccc1)S(=O)(=O)c1ccc(C)cc1. The second kappa shape index (κ2) is 8.81. The van der Waals surface area contributed by atoms with E-state index in [9.17, 15) is 8.42 Å². The summed E-state index contributed by atoms with van der Waals surface area (Å²) >= 11 is 0. The molecule has 0 spiro atoms. The van der Waals surface area contributed by atoms with Crippen LogP contribution in [-0.4, -0.2) is 25.8 Å². The minimum Gasteiger partial charge on any atom is -0.207 e. The van der Waals surface area contributed by atoms with Gasteiger partial charge in [0.25, 0.3) is 0 Å². The molecular weight excluding hydrogens is 318 g/mol. The highest BCUT2D eigenvalue weighted by atomic mass is 32.2. The van der Waals surface area contributed by atoms with Crippen LogP contribution in [0, 0.1) is 6.92 Å². The molecule has 2 aromatic carbocycles. The highest BCUT2D eigenvalue weighted by Gasteiger charge is 2.23. The predicted octanol–water partition coefficient (Wildman–Crippen LogP) is 4.19. The van der Waals surface area contributed by atoms with Crippen molar-refractivity contribution in [2.45, 2.75) is 31.6 Å². The number of sulfonamides is 1. The van der Waals surface area contributed by atoms with Gasteiger partial charge in [0, 0.05) is 13.1 Å². The lowest BCUT2D eigenvalue weighted by molar-refractivity contribution is 0.419. The number of aryl methyl sites for hydroxylation is 1. The molecule has 0 radical (unpaired) electrons. The molecule has 0 aliphatic heterocycles. The molecule has 0 amide bonds. The summed E-state index contributed by atoms with van der Waals surface area (Å²) in [5.41, 5.74) is 2.20. The fraction of sp³-hybridized carbons (Fsp3) is 0.300. The molecule has 0 unspecified atom stereocenters. The molecule has 0 N–H and O–H groups in total. The first-order chi connectivity index (χ1) is 11.5. The largest absolute Gasteiger partial charge is 0.243 e. The molecule has 4 heteroatoms. The Bertz CT molecular complexity index is 750.